The third-order valence-corrected chi connectivity index (χ3v) is 4.81. The predicted octanol–water partition coefficient (Wildman–Crippen LogP) is 2.10. The molecule has 0 spiro atoms. The van der Waals surface area contributed by atoms with Gasteiger partial charge in [-0.15, -0.1) is 0 Å². The number of carbonyl (C=O) groups is 1. The second-order valence-electron chi connectivity index (χ2n) is 8.18. The fraction of sp³-hybridized carbons (Fsp3) is 0.941. The van der Waals surface area contributed by atoms with Crippen LogP contribution < -0.4 is 10.6 Å². The number of aliphatic hydroxyl groups excluding tert-OH is 1. The van der Waals surface area contributed by atoms with E-state index in [0.717, 1.165) is 32.0 Å². The minimum Gasteiger partial charge on any atom is -0.394 e. The second kappa shape index (κ2) is 7.64. The number of nitrogens with zero attached hydrogens (tertiary/aromatic N) is 1. The lowest BCUT2D eigenvalue weighted by molar-refractivity contribution is 0.188. The topological polar surface area (TPSA) is 64.6 Å². The molecule has 2 rings (SSSR count). The van der Waals surface area contributed by atoms with E-state index in [2.05, 4.69) is 36.3 Å². The van der Waals surface area contributed by atoms with Crippen LogP contribution >= 0.6 is 0 Å². The Balaban J connectivity index is 1.72. The zero-order valence-electron chi connectivity index (χ0n) is 14.4. The van der Waals surface area contributed by atoms with E-state index in [1.807, 2.05) is 0 Å². The molecule has 2 aliphatic rings. The minimum absolute atomic E-state index is 0.0104. The first-order valence-corrected chi connectivity index (χ1v) is 8.79. The molecule has 128 valence electrons. The number of amides is 2. The predicted molar refractivity (Wildman–Crippen MR) is 88.8 cm³/mol. The van der Waals surface area contributed by atoms with Gasteiger partial charge in [-0.2, -0.15) is 0 Å². The van der Waals surface area contributed by atoms with Crippen LogP contribution in [0.4, 0.5) is 4.79 Å². The summed E-state index contributed by atoms with van der Waals surface area (Å²) < 4.78 is 0. The van der Waals surface area contributed by atoms with Gasteiger partial charge in [0.05, 0.1) is 12.6 Å². The number of likely N-dealkylation sites (tertiary alicyclic amines) is 1. The van der Waals surface area contributed by atoms with Crippen molar-refractivity contribution in [1.29, 1.82) is 0 Å². The monoisotopic (exact) mass is 311 g/mol. The van der Waals surface area contributed by atoms with Gasteiger partial charge in [0.1, 0.15) is 0 Å². The van der Waals surface area contributed by atoms with Crippen molar-refractivity contribution in [2.24, 2.45) is 5.41 Å². The van der Waals surface area contributed by atoms with Crippen molar-refractivity contribution < 1.29 is 9.90 Å². The average Bonchev–Trinajstić information content (AvgIpc) is 3.06. The number of hydrogen-bond acceptors (Lipinski definition) is 3. The van der Waals surface area contributed by atoms with Gasteiger partial charge in [0.2, 0.25) is 0 Å². The molecule has 1 saturated carbocycles. The van der Waals surface area contributed by atoms with Crippen LogP contribution in [-0.2, 0) is 0 Å². The first-order valence-electron chi connectivity index (χ1n) is 8.79. The van der Waals surface area contributed by atoms with Crippen LogP contribution in [0.1, 0.15) is 59.3 Å². The molecular weight excluding hydrogens is 278 g/mol. The number of urea groups is 1. The maximum atomic E-state index is 12.1. The lowest BCUT2D eigenvalue weighted by Gasteiger charge is -2.26. The van der Waals surface area contributed by atoms with E-state index in [1.54, 1.807) is 0 Å². The molecule has 2 fully saturated rings. The van der Waals surface area contributed by atoms with E-state index in [1.165, 1.54) is 25.7 Å². The van der Waals surface area contributed by atoms with Crippen molar-refractivity contribution in [3.05, 3.63) is 0 Å². The van der Waals surface area contributed by atoms with Gasteiger partial charge in [0, 0.05) is 25.2 Å². The summed E-state index contributed by atoms with van der Waals surface area (Å²) >= 11 is 0. The summed E-state index contributed by atoms with van der Waals surface area (Å²) in [7, 11) is 0. The smallest absolute Gasteiger partial charge is 0.315 e. The van der Waals surface area contributed by atoms with Crippen molar-refractivity contribution in [3.8, 4) is 0 Å². The molecule has 1 heterocycles. The van der Waals surface area contributed by atoms with Gasteiger partial charge in [0.25, 0.3) is 0 Å². The maximum absolute atomic E-state index is 12.1. The summed E-state index contributed by atoms with van der Waals surface area (Å²) in [6.45, 7) is 8.41. The Bertz CT molecular complexity index is 361. The van der Waals surface area contributed by atoms with Crippen LogP contribution in [-0.4, -0.2) is 53.9 Å². The third-order valence-electron chi connectivity index (χ3n) is 4.81. The van der Waals surface area contributed by atoms with Crippen LogP contribution in [0.2, 0.25) is 0 Å². The van der Waals surface area contributed by atoms with Crippen molar-refractivity contribution >= 4 is 6.03 Å². The third kappa shape index (κ3) is 5.43. The highest BCUT2D eigenvalue weighted by Gasteiger charge is 2.31. The Morgan fingerprint density at radius 3 is 2.55 bits per heavy atom. The summed E-state index contributed by atoms with van der Waals surface area (Å²) in [5.74, 6) is 0. The first kappa shape index (κ1) is 17.5. The Kier molecular flexibility index (Phi) is 6.09. The SMILES string of the molecule is CC(C)(C)CC(CO)NC(=O)NC1CCN(C2CCCC2)C1. The summed E-state index contributed by atoms with van der Waals surface area (Å²) in [6.07, 6.45) is 7.15. The van der Waals surface area contributed by atoms with E-state index >= 15 is 0 Å². The van der Waals surface area contributed by atoms with Gasteiger partial charge >= 0.3 is 6.03 Å². The van der Waals surface area contributed by atoms with Crippen molar-refractivity contribution in [2.45, 2.75) is 77.4 Å². The fourth-order valence-corrected chi connectivity index (χ4v) is 3.82. The van der Waals surface area contributed by atoms with E-state index in [4.69, 9.17) is 0 Å². The molecule has 5 heteroatoms. The summed E-state index contributed by atoms with van der Waals surface area (Å²) in [6, 6.07) is 0.671. The molecule has 1 aliphatic carbocycles. The van der Waals surface area contributed by atoms with Crippen molar-refractivity contribution in [1.82, 2.24) is 15.5 Å². The van der Waals surface area contributed by atoms with Crippen LogP contribution in [0.25, 0.3) is 0 Å². The van der Waals surface area contributed by atoms with E-state index in [-0.39, 0.29) is 30.1 Å². The van der Waals surface area contributed by atoms with Crippen LogP contribution in [0.3, 0.4) is 0 Å². The summed E-state index contributed by atoms with van der Waals surface area (Å²) in [5.41, 5.74) is 0.0906. The van der Waals surface area contributed by atoms with Crippen LogP contribution in [0.15, 0.2) is 0 Å². The Morgan fingerprint density at radius 2 is 1.95 bits per heavy atom. The Hall–Kier alpha value is -0.810. The van der Waals surface area contributed by atoms with E-state index in [0.29, 0.717) is 0 Å². The highest BCUT2D eigenvalue weighted by atomic mass is 16.3. The highest BCUT2D eigenvalue weighted by Crippen LogP contribution is 2.26. The molecule has 2 unspecified atom stereocenters. The van der Waals surface area contributed by atoms with Gasteiger partial charge < -0.3 is 15.7 Å². The molecule has 22 heavy (non-hydrogen) atoms. The van der Waals surface area contributed by atoms with E-state index < -0.39 is 0 Å². The molecule has 0 aromatic carbocycles. The number of hydrogen-bond donors (Lipinski definition) is 3. The van der Waals surface area contributed by atoms with Gasteiger partial charge in [-0.3, -0.25) is 4.90 Å². The van der Waals surface area contributed by atoms with Crippen LogP contribution in [0.5, 0.6) is 0 Å². The standard InChI is InChI=1S/C17H33N3O2/c1-17(2,3)10-14(12-21)19-16(22)18-13-8-9-20(11-13)15-6-4-5-7-15/h13-15,21H,4-12H2,1-3H3,(H2,18,19,22). The molecule has 2 atom stereocenters. The number of nitrogens with one attached hydrogen (secondary N) is 2. The Labute approximate surface area is 134 Å². The normalized spacial score (nSPS) is 25.4. The Morgan fingerprint density at radius 1 is 1.27 bits per heavy atom. The molecule has 5 nitrogen and oxygen atoms in total. The maximum Gasteiger partial charge on any atom is 0.315 e. The van der Waals surface area contributed by atoms with Gasteiger partial charge in [-0.05, 0) is 31.1 Å². The molecule has 0 radical (unpaired) electrons. The number of carbonyl (C=O) groups excluding carboxylic acids is 1. The summed E-state index contributed by atoms with van der Waals surface area (Å²) in [5, 5.41) is 15.4. The van der Waals surface area contributed by atoms with Gasteiger partial charge in [-0.1, -0.05) is 33.6 Å². The highest BCUT2D eigenvalue weighted by molar-refractivity contribution is 5.74. The van der Waals surface area contributed by atoms with Crippen LogP contribution in [0, 0.1) is 5.41 Å². The molecule has 1 aliphatic heterocycles. The lowest BCUT2D eigenvalue weighted by Crippen LogP contribution is -2.49. The second-order valence-corrected chi connectivity index (χ2v) is 8.18. The molecule has 3 N–H and O–H groups in total. The number of rotatable bonds is 5. The number of aliphatic hydroxyl groups is 1. The van der Waals surface area contributed by atoms with Crippen molar-refractivity contribution in [3.63, 3.8) is 0 Å². The molecule has 0 aromatic heterocycles. The largest absolute Gasteiger partial charge is 0.394 e. The van der Waals surface area contributed by atoms with Gasteiger partial charge in [0.15, 0.2) is 0 Å². The first-order chi connectivity index (χ1) is 10.4. The average molecular weight is 311 g/mol. The molecule has 1 saturated heterocycles. The zero-order valence-corrected chi connectivity index (χ0v) is 14.4. The molecular formula is C17H33N3O2. The quantitative estimate of drug-likeness (QED) is 0.728. The molecule has 2 amide bonds. The van der Waals surface area contributed by atoms with E-state index in [9.17, 15) is 9.90 Å². The summed E-state index contributed by atoms with van der Waals surface area (Å²) in [4.78, 5) is 14.7. The van der Waals surface area contributed by atoms with Crippen molar-refractivity contribution in [2.75, 3.05) is 19.7 Å². The van der Waals surface area contributed by atoms with Gasteiger partial charge in [-0.25, -0.2) is 4.79 Å². The molecule has 0 aromatic rings. The molecule has 0 bridgehead atoms. The lowest BCUT2D eigenvalue weighted by atomic mass is 9.88. The fourth-order valence-electron chi connectivity index (χ4n) is 3.82. The minimum atomic E-state index is -0.174. The zero-order chi connectivity index (χ0) is 16.2.